The van der Waals surface area contributed by atoms with E-state index < -0.39 is 18.0 Å². The largest absolute Gasteiger partial charge is 0.394 e. The first-order valence-electron chi connectivity index (χ1n) is 7.25. The molecular weight excluding hydrogens is 311 g/mol. The van der Waals surface area contributed by atoms with E-state index in [4.69, 9.17) is 16.3 Å². The molecule has 2 unspecified atom stereocenters. The first-order valence-corrected chi connectivity index (χ1v) is 7.63. The molecule has 22 heavy (non-hydrogen) atoms. The van der Waals surface area contributed by atoms with Crippen LogP contribution in [0.5, 0.6) is 0 Å². The van der Waals surface area contributed by atoms with Gasteiger partial charge in [0.2, 0.25) is 0 Å². The Morgan fingerprint density at radius 3 is 3.05 bits per heavy atom. The van der Waals surface area contributed by atoms with Crippen molar-refractivity contribution >= 4 is 17.5 Å². The van der Waals surface area contributed by atoms with E-state index in [1.807, 2.05) is 6.92 Å². The minimum absolute atomic E-state index is 0.000896. The van der Waals surface area contributed by atoms with Gasteiger partial charge >= 0.3 is 0 Å². The van der Waals surface area contributed by atoms with E-state index in [0.29, 0.717) is 18.7 Å². The first kappa shape index (κ1) is 17.1. The van der Waals surface area contributed by atoms with Crippen molar-refractivity contribution in [1.82, 2.24) is 10.2 Å². The maximum atomic E-state index is 13.5. The number of aliphatic hydroxyl groups is 1. The summed E-state index contributed by atoms with van der Waals surface area (Å²) in [6.45, 7) is 4.33. The SMILES string of the molecule is CCN1CCOC(C(=O)NC(CO)c2ccc(Cl)c(F)c2)C1. The molecule has 0 saturated carbocycles. The molecule has 0 spiro atoms. The van der Waals surface area contributed by atoms with Gasteiger partial charge in [-0.05, 0) is 24.2 Å². The first-order chi connectivity index (χ1) is 10.5. The monoisotopic (exact) mass is 330 g/mol. The van der Waals surface area contributed by atoms with Crippen molar-refractivity contribution in [2.75, 3.05) is 32.8 Å². The third-order valence-electron chi connectivity index (χ3n) is 3.74. The number of carbonyl (C=O) groups excluding carboxylic acids is 1. The van der Waals surface area contributed by atoms with Gasteiger partial charge in [-0.2, -0.15) is 0 Å². The lowest BCUT2D eigenvalue weighted by Gasteiger charge is -2.32. The number of amides is 1. The van der Waals surface area contributed by atoms with Crippen LogP contribution >= 0.6 is 11.6 Å². The van der Waals surface area contributed by atoms with Crippen LogP contribution in [0.3, 0.4) is 0 Å². The zero-order valence-corrected chi connectivity index (χ0v) is 13.1. The highest BCUT2D eigenvalue weighted by molar-refractivity contribution is 6.30. The van der Waals surface area contributed by atoms with E-state index in [9.17, 15) is 14.3 Å². The number of carbonyl (C=O) groups is 1. The van der Waals surface area contributed by atoms with Crippen LogP contribution in [0.1, 0.15) is 18.5 Å². The van der Waals surface area contributed by atoms with E-state index in [1.54, 1.807) is 6.07 Å². The van der Waals surface area contributed by atoms with E-state index in [-0.39, 0.29) is 17.5 Å². The van der Waals surface area contributed by atoms with E-state index in [0.717, 1.165) is 13.1 Å². The lowest BCUT2D eigenvalue weighted by atomic mass is 10.1. The molecule has 0 bridgehead atoms. The average Bonchev–Trinajstić information content (AvgIpc) is 2.55. The molecule has 1 amide bonds. The Morgan fingerprint density at radius 1 is 1.64 bits per heavy atom. The maximum absolute atomic E-state index is 13.5. The van der Waals surface area contributed by atoms with Gasteiger partial charge in [-0.3, -0.25) is 9.69 Å². The fourth-order valence-corrected chi connectivity index (χ4v) is 2.49. The third kappa shape index (κ3) is 4.16. The Kier molecular flexibility index (Phi) is 6.14. The normalized spacial score (nSPS) is 20.6. The Labute approximate surface area is 134 Å². The summed E-state index contributed by atoms with van der Waals surface area (Å²) in [7, 11) is 0. The Balaban J connectivity index is 2.02. The molecule has 1 heterocycles. The molecule has 122 valence electrons. The highest BCUT2D eigenvalue weighted by atomic mass is 35.5. The summed E-state index contributed by atoms with van der Waals surface area (Å²) in [6.07, 6.45) is -0.583. The van der Waals surface area contributed by atoms with Crippen molar-refractivity contribution in [2.45, 2.75) is 19.1 Å². The Morgan fingerprint density at radius 2 is 2.41 bits per heavy atom. The van der Waals surface area contributed by atoms with Crippen LogP contribution in [0.4, 0.5) is 4.39 Å². The van der Waals surface area contributed by atoms with E-state index >= 15 is 0 Å². The molecule has 2 rings (SSSR count). The number of likely N-dealkylation sites (N-methyl/N-ethyl adjacent to an activating group) is 1. The number of nitrogens with one attached hydrogen (secondary N) is 1. The molecule has 0 aliphatic carbocycles. The van der Waals surface area contributed by atoms with Crippen LogP contribution in [0.15, 0.2) is 18.2 Å². The zero-order valence-electron chi connectivity index (χ0n) is 12.4. The predicted octanol–water partition coefficient (Wildman–Crippen LogP) is 1.35. The molecule has 2 N–H and O–H groups in total. The van der Waals surface area contributed by atoms with Gasteiger partial charge in [0.1, 0.15) is 11.9 Å². The molecule has 1 saturated heterocycles. The summed E-state index contributed by atoms with van der Waals surface area (Å²) in [5.74, 6) is -0.898. The molecule has 1 fully saturated rings. The second-order valence-corrected chi connectivity index (χ2v) is 5.58. The zero-order chi connectivity index (χ0) is 16.1. The summed E-state index contributed by atoms with van der Waals surface area (Å²) in [6, 6.07) is 3.49. The highest BCUT2D eigenvalue weighted by Crippen LogP contribution is 2.20. The number of benzene rings is 1. The van der Waals surface area contributed by atoms with Crippen molar-refractivity contribution in [3.63, 3.8) is 0 Å². The quantitative estimate of drug-likeness (QED) is 0.855. The minimum atomic E-state index is -0.695. The number of rotatable bonds is 5. The standard InChI is InChI=1S/C15H20ClFN2O3/c1-2-19-5-6-22-14(8-19)15(21)18-13(9-20)10-3-4-11(16)12(17)7-10/h3-4,7,13-14,20H,2,5-6,8-9H2,1H3,(H,18,21). The van der Waals surface area contributed by atoms with Crippen LogP contribution in [0.2, 0.25) is 5.02 Å². The van der Waals surface area contributed by atoms with Crippen LogP contribution in [0.25, 0.3) is 0 Å². The number of hydrogen-bond donors (Lipinski definition) is 2. The van der Waals surface area contributed by atoms with Gasteiger partial charge in [-0.15, -0.1) is 0 Å². The number of ether oxygens (including phenoxy) is 1. The second kappa shape index (κ2) is 7.87. The predicted molar refractivity (Wildman–Crippen MR) is 81.2 cm³/mol. The van der Waals surface area contributed by atoms with E-state index in [1.165, 1.54) is 12.1 Å². The van der Waals surface area contributed by atoms with Crippen LogP contribution in [-0.4, -0.2) is 54.9 Å². The van der Waals surface area contributed by atoms with Gasteiger partial charge in [0.05, 0.1) is 24.3 Å². The van der Waals surface area contributed by atoms with Gasteiger partial charge in [0.25, 0.3) is 5.91 Å². The van der Waals surface area contributed by atoms with Gasteiger partial charge in [-0.25, -0.2) is 4.39 Å². The van der Waals surface area contributed by atoms with Gasteiger partial charge in [-0.1, -0.05) is 24.6 Å². The number of morpholine rings is 1. The third-order valence-corrected chi connectivity index (χ3v) is 4.04. The number of aliphatic hydroxyl groups excluding tert-OH is 1. The topological polar surface area (TPSA) is 61.8 Å². The molecule has 5 nitrogen and oxygen atoms in total. The second-order valence-electron chi connectivity index (χ2n) is 5.17. The lowest BCUT2D eigenvalue weighted by molar-refractivity contribution is -0.139. The minimum Gasteiger partial charge on any atom is -0.394 e. The van der Waals surface area contributed by atoms with Crippen LogP contribution < -0.4 is 5.32 Å². The molecule has 2 atom stereocenters. The van der Waals surface area contributed by atoms with Crippen LogP contribution in [0, 0.1) is 5.82 Å². The summed E-state index contributed by atoms with van der Waals surface area (Å²) >= 11 is 5.64. The molecule has 1 aliphatic heterocycles. The van der Waals surface area contributed by atoms with Gasteiger partial charge in [0.15, 0.2) is 0 Å². The summed E-state index contributed by atoms with van der Waals surface area (Å²) in [4.78, 5) is 14.4. The molecule has 7 heteroatoms. The smallest absolute Gasteiger partial charge is 0.251 e. The molecule has 0 radical (unpaired) electrons. The van der Waals surface area contributed by atoms with Crippen molar-refractivity contribution in [3.8, 4) is 0 Å². The number of hydrogen-bond acceptors (Lipinski definition) is 4. The summed E-state index contributed by atoms with van der Waals surface area (Å²) < 4.78 is 19.0. The number of halogens is 2. The van der Waals surface area contributed by atoms with Crippen molar-refractivity contribution < 1.29 is 19.0 Å². The average molecular weight is 331 g/mol. The van der Waals surface area contributed by atoms with Crippen molar-refractivity contribution in [1.29, 1.82) is 0 Å². The lowest BCUT2D eigenvalue weighted by Crippen LogP contribution is -2.50. The molecule has 1 aliphatic rings. The van der Waals surface area contributed by atoms with Gasteiger partial charge in [0, 0.05) is 13.1 Å². The molecule has 1 aromatic carbocycles. The Bertz CT molecular complexity index is 530. The fraction of sp³-hybridized carbons (Fsp3) is 0.533. The summed E-state index contributed by atoms with van der Waals surface area (Å²) in [5.41, 5.74) is 0.459. The van der Waals surface area contributed by atoms with Crippen molar-refractivity contribution in [3.05, 3.63) is 34.6 Å². The van der Waals surface area contributed by atoms with Crippen molar-refractivity contribution in [2.24, 2.45) is 0 Å². The highest BCUT2D eigenvalue weighted by Gasteiger charge is 2.27. The Hall–Kier alpha value is -1.21. The fourth-order valence-electron chi connectivity index (χ4n) is 2.38. The molecular formula is C15H20ClFN2O3. The van der Waals surface area contributed by atoms with Gasteiger partial charge < -0.3 is 15.2 Å². The van der Waals surface area contributed by atoms with E-state index in [2.05, 4.69) is 10.2 Å². The summed E-state index contributed by atoms with van der Waals surface area (Å²) in [5, 5.41) is 12.2. The maximum Gasteiger partial charge on any atom is 0.251 e. The molecule has 0 aromatic heterocycles. The number of nitrogens with zero attached hydrogens (tertiary/aromatic N) is 1. The molecule has 1 aromatic rings. The van der Waals surface area contributed by atoms with Crippen LogP contribution in [-0.2, 0) is 9.53 Å².